The van der Waals surface area contributed by atoms with E-state index in [1.54, 1.807) is 24.3 Å². The van der Waals surface area contributed by atoms with Crippen LogP contribution in [0.4, 0.5) is 0 Å². The fourth-order valence-corrected chi connectivity index (χ4v) is 5.82. The third kappa shape index (κ3) is 6.97. The molecule has 11 nitrogen and oxygen atoms in total. The zero-order valence-corrected chi connectivity index (χ0v) is 25.0. The van der Waals surface area contributed by atoms with Crippen molar-refractivity contribution in [3.8, 4) is 95.3 Å². The quantitative estimate of drug-likeness (QED) is 0.0685. The van der Waals surface area contributed by atoms with E-state index in [4.69, 9.17) is 0 Å². The summed E-state index contributed by atoms with van der Waals surface area (Å²) >= 11 is 1.37. The molecule has 1 aromatic heterocycles. The lowest BCUT2D eigenvalue weighted by molar-refractivity contribution is 0.394. The van der Waals surface area contributed by atoms with Gasteiger partial charge in [-0.25, -0.2) is 0 Å². The Balaban J connectivity index is 0.000000207. The van der Waals surface area contributed by atoms with Crippen molar-refractivity contribution in [1.29, 1.82) is 0 Å². The van der Waals surface area contributed by atoms with Gasteiger partial charge in [0.25, 0.3) is 0 Å². The van der Waals surface area contributed by atoms with Crippen molar-refractivity contribution in [2.45, 2.75) is 6.42 Å². The second-order valence-corrected chi connectivity index (χ2v) is 11.5. The van der Waals surface area contributed by atoms with Crippen LogP contribution in [0.25, 0.3) is 32.0 Å². The zero-order valence-electron chi connectivity index (χ0n) is 24.2. The average Bonchev–Trinajstić information content (AvgIpc) is 3.48. The minimum atomic E-state index is -0.398. The Bertz CT molecular complexity index is 2030. The topological polar surface area (TPSA) is 223 Å². The van der Waals surface area contributed by atoms with Crippen molar-refractivity contribution in [2.75, 3.05) is 0 Å². The summed E-state index contributed by atoms with van der Waals surface area (Å²) in [5.41, 5.74) is 3.71. The van der Waals surface area contributed by atoms with Gasteiger partial charge in [0.05, 0.1) is 0 Å². The number of rotatable bonds is 5. The summed E-state index contributed by atoms with van der Waals surface area (Å²) < 4.78 is 0. The number of hydrogen-bond donors (Lipinski definition) is 11. The first kappa shape index (κ1) is 32.0. The highest BCUT2D eigenvalue weighted by Gasteiger charge is 2.17. The van der Waals surface area contributed by atoms with Crippen LogP contribution in [-0.4, -0.2) is 56.2 Å². The van der Waals surface area contributed by atoms with Crippen LogP contribution in [0.15, 0.2) is 91.0 Å². The molecule has 0 amide bonds. The molecule has 0 saturated carbocycles. The number of thiophene rings is 1. The molecular formula is C35H28O11S. The molecule has 0 atom stereocenters. The van der Waals surface area contributed by atoms with Gasteiger partial charge < -0.3 is 56.2 Å². The third-order valence-corrected chi connectivity index (χ3v) is 8.36. The van der Waals surface area contributed by atoms with Crippen LogP contribution in [-0.2, 0) is 6.42 Å². The lowest BCUT2D eigenvalue weighted by Crippen LogP contribution is -1.89. The van der Waals surface area contributed by atoms with Crippen molar-refractivity contribution >= 4 is 11.3 Å². The molecule has 0 aliphatic rings. The Hall–Kier alpha value is -6.40. The summed E-state index contributed by atoms with van der Waals surface area (Å²) in [4.78, 5) is 1.51. The minimum absolute atomic E-state index is 0.155. The summed E-state index contributed by atoms with van der Waals surface area (Å²) in [7, 11) is 0. The van der Waals surface area contributed by atoms with Crippen LogP contribution in [0.2, 0.25) is 0 Å². The molecule has 0 aliphatic carbocycles. The van der Waals surface area contributed by atoms with Gasteiger partial charge in [-0.3, -0.25) is 0 Å². The van der Waals surface area contributed by atoms with E-state index in [1.165, 1.54) is 65.9 Å². The fourth-order valence-electron chi connectivity index (χ4n) is 4.64. The Morgan fingerprint density at radius 3 is 1.38 bits per heavy atom. The van der Waals surface area contributed by atoms with Gasteiger partial charge in [-0.05, 0) is 95.1 Å². The smallest absolute Gasteiger partial charge is 0.161 e. The summed E-state index contributed by atoms with van der Waals surface area (Å²) in [5, 5.41) is 105. The molecule has 0 fully saturated rings. The third-order valence-electron chi connectivity index (χ3n) is 7.13. The van der Waals surface area contributed by atoms with Gasteiger partial charge in [0.2, 0.25) is 0 Å². The molecule has 0 unspecified atom stereocenters. The molecule has 0 saturated heterocycles. The summed E-state index contributed by atoms with van der Waals surface area (Å²) in [6.45, 7) is 0. The van der Waals surface area contributed by atoms with Crippen molar-refractivity contribution in [2.24, 2.45) is 0 Å². The zero-order chi connectivity index (χ0) is 34.0. The van der Waals surface area contributed by atoms with Gasteiger partial charge in [-0.2, -0.15) is 0 Å². The van der Waals surface area contributed by atoms with E-state index in [0.717, 1.165) is 21.4 Å². The van der Waals surface area contributed by atoms with Crippen LogP contribution in [0.5, 0.6) is 63.2 Å². The van der Waals surface area contributed by atoms with E-state index in [1.807, 2.05) is 6.07 Å². The highest BCUT2D eigenvalue weighted by atomic mass is 32.1. The van der Waals surface area contributed by atoms with E-state index in [9.17, 15) is 56.2 Å². The van der Waals surface area contributed by atoms with Gasteiger partial charge in [0, 0.05) is 33.4 Å². The van der Waals surface area contributed by atoms with Crippen LogP contribution < -0.4 is 0 Å². The molecule has 12 heteroatoms. The molecular weight excluding hydrogens is 628 g/mol. The van der Waals surface area contributed by atoms with Crippen LogP contribution in [0.3, 0.4) is 0 Å². The summed E-state index contributed by atoms with van der Waals surface area (Å²) in [6, 6.07) is 21.8. The lowest BCUT2D eigenvalue weighted by Gasteiger charge is -2.08. The van der Waals surface area contributed by atoms with E-state index >= 15 is 0 Å². The Morgan fingerprint density at radius 1 is 0.362 bits per heavy atom. The highest BCUT2D eigenvalue weighted by Crippen LogP contribution is 2.47. The van der Waals surface area contributed by atoms with Crippen molar-refractivity contribution in [3.05, 3.63) is 102 Å². The fraction of sp³-hybridized carbons (Fsp3) is 0.0286. The molecule has 0 aliphatic heterocycles. The predicted octanol–water partition coefficient (Wildman–Crippen LogP) is 6.79. The maximum Gasteiger partial charge on any atom is 0.161 e. The SMILES string of the molecule is Oc1ccc(-c2cc(-c3ccc(O)c(O)c3)c(-c3ccc(O)c(O)c3)s2)cc1O.Oc1ccc(Cc2cc(O)c(O)cc2O)cc1O. The van der Waals surface area contributed by atoms with Crippen LogP contribution in [0, 0.1) is 0 Å². The Kier molecular flexibility index (Phi) is 8.79. The molecule has 240 valence electrons. The lowest BCUT2D eigenvalue weighted by atomic mass is 10.0. The maximum atomic E-state index is 9.91. The maximum absolute atomic E-state index is 9.91. The molecule has 6 aromatic rings. The molecule has 1 heterocycles. The van der Waals surface area contributed by atoms with E-state index < -0.39 is 5.75 Å². The number of hydrogen-bond acceptors (Lipinski definition) is 12. The van der Waals surface area contributed by atoms with Gasteiger partial charge in [-0.1, -0.05) is 12.1 Å². The second-order valence-electron chi connectivity index (χ2n) is 10.4. The molecule has 0 spiro atoms. The van der Waals surface area contributed by atoms with Crippen LogP contribution >= 0.6 is 11.3 Å². The summed E-state index contributed by atoms with van der Waals surface area (Å²) in [5.74, 6) is -2.84. The number of phenolic OH excluding ortho intramolecular Hbond substituents is 11. The molecule has 47 heavy (non-hydrogen) atoms. The first-order chi connectivity index (χ1) is 22.3. The Labute approximate surface area is 270 Å². The first-order valence-corrected chi connectivity index (χ1v) is 14.6. The predicted molar refractivity (Wildman–Crippen MR) is 175 cm³/mol. The Morgan fingerprint density at radius 2 is 0.809 bits per heavy atom. The second kappa shape index (κ2) is 12.9. The van der Waals surface area contributed by atoms with Crippen molar-refractivity contribution in [3.63, 3.8) is 0 Å². The molecule has 6 rings (SSSR count). The van der Waals surface area contributed by atoms with E-state index in [-0.39, 0.29) is 63.9 Å². The average molecular weight is 657 g/mol. The van der Waals surface area contributed by atoms with Gasteiger partial charge >= 0.3 is 0 Å². The number of phenols is 11. The van der Waals surface area contributed by atoms with Crippen molar-refractivity contribution in [1.82, 2.24) is 0 Å². The van der Waals surface area contributed by atoms with E-state index in [2.05, 4.69) is 0 Å². The molecule has 5 aromatic carbocycles. The van der Waals surface area contributed by atoms with Gasteiger partial charge in [0.1, 0.15) is 5.75 Å². The van der Waals surface area contributed by atoms with Gasteiger partial charge in [-0.15, -0.1) is 11.3 Å². The molecule has 0 bridgehead atoms. The van der Waals surface area contributed by atoms with Gasteiger partial charge in [0.15, 0.2) is 57.5 Å². The molecule has 0 radical (unpaired) electrons. The largest absolute Gasteiger partial charge is 0.508 e. The van der Waals surface area contributed by atoms with Crippen molar-refractivity contribution < 1.29 is 56.2 Å². The number of benzene rings is 5. The number of aromatic hydroxyl groups is 11. The normalized spacial score (nSPS) is 10.7. The minimum Gasteiger partial charge on any atom is -0.508 e. The summed E-state index contributed by atoms with van der Waals surface area (Å²) in [6.07, 6.45) is 0.244. The monoisotopic (exact) mass is 656 g/mol. The van der Waals surface area contributed by atoms with Crippen LogP contribution in [0.1, 0.15) is 11.1 Å². The standard InChI is InChI=1S/C22H16O6S.C13H12O5/c23-15-4-1-11(7-18(15)26)14-10-21(12-2-5-16(24)19(27)8-12)29-22(14)13-3-6-17(25)20(28)9-13;14-9-2-1-7(4-11(9)16)3-8-5-12(17)13(18)6-10(8)15/h1-10,23-28H;1-2,4-6,14-18H,3H2. The highest BCUT2D eigenvalue weighted by molar-refractivity contribution is 7.19. The van der Waals surface area contributed by atoms with E-state index in [0.29, 0.717) is 27.8 Å². The molecule has 11 N–H and O–H groups in total. The first-order valence-electron chi connectivity index (χ1n) is 13.8.